The van der Waals surface area contributed by atoms with Crippen molar-refractivity contribution in [2.24, 2.45) is 0 Å². The number of carbonyl (C=O) groups excluding carboxylic acids is 1. The van der Waals surface area contributed by atoms with E-state index in [9.17, 15) is 9.59 Å². The number of amides is 1. The Morgan fingerprint density at radius 3 is 2.42 bits per heavy atom. The van der Waals surface area contributed by atoms with Gasteiger partial charge in [0.05, 0.1) is 17.2 Å². The summed E-state index contributed by atoms with van der Waals surface area (Å²) in [6, 6.07) is 4.47. The van der Waals surface area contributed by atoms with Gasteiger partial charge < -0.3 is 15.2 Å². The monoisotopic (exact) mass is 305 g/mol. The van der Waals surface area contributed by atoms with Crippen LogP contribution in [-0.4, -0.2) is 24.3 Å². The molecule has 0 aliphatic rings. The van der Waals surface area contributed by atoms with Crippen molar-refractivity contribution in [2.45, 2.75) is 18.9 Å². The minimum absolute atomic E-state index is 0.171. The predicted molar refractivity (Wildman–Crippen MR) is 71.6 cm³/mol. The molecule has 1 aromatic rings. The zero-order chi connectivity index (χ0) is 14.6. The highest BCUT2D eigenvalue weighted by atomic mass is 35.5. The van der Waals surface area contributed by atoms with Gasteiger partial charge in [-0.15, -0.1) is 0 Å². The van der Waals surface area contributed by atoms with Crippen LogP contribution in [0.4, 0.5) is 4.79 Å². The number of benzene rings is 1. The first-order valence-corrected chi connectivity index (χ1v) is 6.18. The molecular formula is C12H13Cl2NO4. The van der Waals surface area contributed by atoms with Gasteiger partial charge in [-0.3, -0.25) is 0 Å². The summed E-state index contributed by atoms with van der Waals surface area (Å²) in [7, 11) is 1.19. The van der Waals surface area contributed by atoms with E-state index < -0.39 is 17.6 Å². The lowest BCUT2D eigenvalue weighted by molar-refractivity contribution is -0.149. The Morgan fingerprint density at radius 1 is 1.37 bits per heavy atom. The highest BCUT2D eigenvalue weighted by Crippen LogP contribution is 2.32. The van der Waals surface area contributed by atoms with E-state index in [0.717, 1.165) is 0 Å². The molecule has 19 heavy (non-hydrogen) atoms. The molecule has 0 saturated carbocycles. The number of hydrogen-bond acceptors (Lipinski definition) is 3. The quantitative estimate of drug-likeness (QED) is 0.838. The van der Waals surface area contributed by atoms with Crippen LogP contribution in [0.2, 0.25) is 10.0 Å². The molecule has 0 bridgehead atoms. The third kappa shape index (κ3) is 3.11. The van der Waals surface area contributed by atoms with Gasteiger partial charge in [0.25, 0.3) is 0 Å². The van der Waals surface area contributed by atoms with Gasteiger partial charge in [0, 0.05) is 0 Å². The molecule has 1 atom stereocenters. The minimum atomic E-state index is -1.51. The fraction of sp³-hybridized carbons (Fsp3) is 0.333. The summed E-state index contributed by atoms with van der Waals surface area (Å²) < 4.78 is 4.69. The van der Waals surface area contributed by atoms with Gasteiger partial charge >= 0.3 is 12.1 Å². The van der Waals surface area contributed by atoms with E-state index in [4.69, 9.17) is 33.0 Å². The molecule has 0 fully saturated rings. The second kappa shape index (κ2) is 6.12. The molecular weight excluding hydrogens is 293 g/mol. The summed E-state index contributed by atoms with van der Waals surface area (Å²) in [5.74, 6) is -0.712. The molecule has 0 heterocycles. The van der Waals surface area contributed by atoms with Gasteiger partial charge in [0.2, 0.25) is 0 Å². The van der Waals surface area contributed by atoms with Crippen molar-refractivity contribution in [3.8, 4) is 0 Å². The van der Waals surface area contributed by atoms with Gasteiger partial charge in [-0.1, -0.05) is 36.2 Å². The fourth-order valence-corrected chi connectivity index (χ4v) is 2.09. The number of carbonyl (C=O) groups is 2. The van der Waals surface area contributed by atoms with E-state index in [1.54, 1.807) is 6.92 Å². The topological polar surface area (TPSA) is 75.6 Å². The van der Waals surface area contributed by atoms with Crippen molar-refractivity contribution in [2.75, 3.05) is 7.11 Å². The molecule has 0 spiro atoms. The largest absolute Gasteiger partial charge is 0.467 e. The number of nitrogens with one attached hydrogen (secondary N) is 1. The molecule has 1 aromatic carbocycles. The van der Waals surface area contributed by atoms with Crippen molar-refractivity contribution < 1.29 is 19.4 Å². The Kier molecular flexibility index (Phi) is 5.03. The number of hydrogen-bond donors (Lipinski definition) is 2. The maximum Gasteiger partial charge on any atom is 0.405 e. The molecule has 2 N–H and O–H groups in total. The van der Waals surface area contributed by atoms with Crippen molar-refractivity contribution in [1.29, 1.82) is 0 Å². The first-order chi connectivity index (χ1) is 8.87. The number of carboxylic acid groups (broad SMARTS) is 1. The minimum Gasteiger partial charge on any atom is -0.467 e. The van der Waals surface area contributed by atoms with E-state index in [1.165, 1.54) is 25.3 Å². The number of esters is 1. The molecule has 0 aliphatic heterocycles. The molecule has 1 rings (SSSR count). The number of ether oxygens (including phenoxy) is 1. The van der Waals surface area contributed by atoms with Crippen LogP contribution < -0.4 is 5.32 Å². The average molecular weight is 306 g/mol. The van der Waals surface area contributed by atoms with Crippen molar-refractivity contribution in [1.82, 2.24) is 5.32 Å². The van der Waals surface area contributed by atoms with Crippen LogP contribution in [0.1, 0.15) is 18.9 Å². The highest BCUT2D eigenvalue weighted by Gasteiger charge is 2.41. The first-order valence-electron chi connectivity index (χ1n) is 5.42. The summed E-state index contributed by atoms with van der Waals surface area (Å²) >= 11 is 11.7. The van der Waals surface area contributed by atoms with Crippen LogP contribution in [0, 0.1) is 0 Å². The summed E-state index contributed by atoms with van der Waals surface area (Å²) in [6.45, 7) is 1.66. The van der Waals surface area contributed by atoms with Gasteiger partial charge in [0.15, 0.2) is 5.54 Å². The van der Waals surface area contributed by atoms with Crippen LogP contribution in [0.25, 0.3) is 0 Å². The van der Waals surface area contributed by atoms with Gasteiger partial charge in [-0.25, -0.2) is 9.59 Å². The first kappa shape index (κ1) is 15.6. The molecule has 1 amide bonds. The van der Waals surface area contributed by atoms with Gasteiger partial charge in [-0.05, 0) is 24.1 Å². The number of halogens is 2. The molecule has 0 aromatic heterocycles. The van der Waals surface area contributed by atoms with Crippen molar-refractivity contribution >= 4 is 35.3 Å². The van der Waals surface area contributed by atoms with E-state index >= 15 is 0 Å². The standard InChI is InChI=1S/C12H13Cl2NO4/c1-3-12(10(16)19-2,15-11(17)18)7-4-5-8(13)9(14)6-7/h4-6,15H,3H2,1-2H3,(H,17,18). The van der Waals surface area contributed by atoms with E-state index in [-0.39, 0.29) is 11.4 Å². The van der Waals surface area contributed by atoms with Crippen LogP contribution in [0.5, 0.6) is 0 Å². The van der Waals surface area contributed by atoms with Crippen molar-refractivity contribution in [3.05, 3.63) is 33.8 Å². The summed E-state index contributed by atoms with van der Waals surface area (Å²) in [4.78, 5) is 22.9. The van der Waals surface area contributed by atoms with E-state index in [2.05, 4.69) is 5.32 Å². The van der Waals surface area contributed by atoms with Crippen LogP contribution in [-0.2, 0) is 15.1 Å². The third-order valence-electron chi connectivity index (χ3n) is 2.80. The second-order valence-corrected chi connectivity index (χ2v) is 4.62. The number of methoxy groups -OCH3 is 1. The van der Waals surface area contributed by atoms with Crippen LogP contribution in [0.15, 0.2) is 18.2 Å². The molecule has 7 heteroatoms. The lowest BCUT2D eigenvalue weighted by atomic mass is 9.87. The SMILES string of the molecule is CCC(NC(=O)O)(C(=O)OC)c1ccc(Cl)c(Cl)c1. The zero-order valence-electron chi connectivity index (χ0n) is 10.4. The molecule has 0 radical (unpaired) electrons. The Morgan fingerprint density at radius 2 is 2.00 bits per heavy atom. The van der Waals surface area contributed by atoms with Crippen LogP contribution >= 0.6 is 23.2 Å². The molecule has 0 aliphatic carbocycles. The lowest BCUT2D eigenvalue weighted by Gasteiger charge is -2.30. The molecule has 104 valence electrons. The molecule has 1 unspecified atom stereocenters. The fourth-order valence-electron chi connectivity index (χ4n) is 1.80. The highest BCUT2D eigenvalue weighted by molar-refractivity contribution is 6.42. The Hall–Kier alpha value is -1.46. The average Bonchev–Trinajstić information content (AvgIpc) is 2.38. The Labute approximate surface area is 120 Å². The van der Waals surface area contributed by atoms with Gasteiger partial charge in [0.1, 0.15) is 0 Å². The Bertz CT molecular complexity index is 507. The summed E-state index contributed by atoms with van der Waals surface area (Å²) in [5.41, 5.74) is -1.13. The normalized spacial score (nSPS) is 13.5. The van der Waals surface area contributed by atoms with E-state index in [0.29, 0.717) is 10.6 Å². The summed E-state index contributed by atoms with van der Waals surface area (Å²) in [6.07, 6.45) is -1.16. The van der Waals surface area contributed by atoms with Crippen LogP contribution in [0.3, 0.4) is 0 Å². The maximum atomic E-state index is 12.0. The van der Waals surface area contributed by atoms with Gasteiger partial charge in [-0.2, -0.15) is 0 Å². The van der Waals surface area contributed by atoms with E-state index in [1.807, 2.05) is 0 Å². The molecule has 0 saturated heterocycles. The lowest BCUT2D eigenvalue weighted by Crippen LogP contribution is -2.51. The van der Waals surface area contributed by atoms with Crippen molar-refractivity contribution in [3.63, 3.8) is 0 Å². The predicted octanol–water partition coefficient (Wildman–Crippen LogP) is 3.04. The second-order valence-electron chi connectivity index (χ2n) is 3.81. The molecule has 5 nitrogen and oxygen atoms in total. The zero-order valence-corrected chi connectivity index (χ0v) is 11.9. The smallest absolute Gasteiger partial charge is 0.405 e. The number of rotatable bonds is 4. The summed E-state index contributed by atoms with van der Waals surface area (Å²) in [5, 5.41) is 11.7. The maximum absolute atomic E-state index is 12.0. The Balaban J connectivity index is 3.39. The third-order valence-corrected chi connectivity index (χ3v) is 3.54.